The number of aromatic hydroxyl groups is 1. The molecule has 0 spiro atoms. The Morgan fingerprint density at radius 2 is 1.56 bits per heavy atom. The van der Waals surface area contributed by atoms with E-state index in [1.807, 2.05) is 42.5 Å². The van der Waals surface area contributed by atoms with Crippen LogP contribution in [0, 0.1) is 5.82 Å². The van der Waals surface area contributed by atoms with E-state index >= 15 is 0 Å². The van der Waals surface area contributed by atoms with Crippen LogP contribution in [0.2, 0.25) is 0 Å². The molecular weight excluding hydrogens is 227 g/mol. The summed E-state index contributed by atoms with van der Waals surface area (Å²) in [5, 5.41) is 12.0. The topological polar surface area (TPSA) is 20.2 Å². The minimum absolute atomic E-state index is 0.0358. The zero-order valence-electron chi connectivity index (χ0n) is 9.60. The van der Waals surface area contributed by atoms with Gasteiger partial charge in [0.1, 0.15) is 11.6 Å². The van der Waals surface area contributed by atoms with Crippen molar-refractivity contribution in [3.05, 3.63) is 66.5 Å². The van der Waals surface area contributed by atoms with E-state index in [0.717, 1.165) is 22.4 Å². The predicted molar refractivity (Wildman–Crippen MR) is 71.0 cm³/mol. The lowest BCUT2D eigenvalue weighted by molar-refractivity contribution is 0.471. The van der Waals surface area contributed by atoms with Gasteiger partial charge in [0.15, 0.2) is 0 Å². The van der Waals surface area contributed by atoms with Crippen LogP contribution in [0.4, 0.5) is 4.39 Å². The van der Waals surface area contributed by atoms with Crippen molar-refractivity contribution >= 4 is 10.8 Å². The summed E-state index contributed by atoms with van der Waals surface area (Å²) in [7, 11) is 0. The highest BCUT2D eigenvalue weighted by Gasteiger charge is 2.08. The molecule has 0 atom stereocenters. The fraction of sp³-hybridized carbons (Fsp3) is 0. The van der Waals surface area contributed by atoms with Gasteiger partial charge in [-0.2, -0.15) is 0 Å². The molecule has 0 bridgehead atoms. The van der Waals surface area contributed by atoms with Crippen LogP contribution in [0.5, 0.6) is 5.75 Å². The number of hydrogen-bond donors (Lipinski definition) is 1. The second-order valence-electron chi connectivity index (χ2n) is 4.19. The van der Waals surface area contributed by atoms with E-state index in [4.69, 9.17) is 0 Å². The van der Waals surface area contributed by atoms with Crippen LogP contribution < -0.4 is 0 Å². The Kier molecular flexibility index (Phi) is 2.49. The Labute approximate surface area is 104 Å². The van der Waals surface area contributed by atoms with Crippen molar-refractivity contribution in [1.82, 2.24) is 0 Å². The first kappa shape index (κ1) is 10.8. The van der Waals surface area contributed by atoms with Crippen LogP contribution >= 0.6 is 0 Å². The number of rotatable bonds is 1. The monoisotopic (exact) mass is 238 g/mol. The van der Waals surface area contributed by atoms with Crippen molar-refractivity contribution in [2.45, 2.75) is 0 Å². The predicted octanol–water partition coefficient (Wildman–Crippen LogP) is 4.35. The first-order chi connectivity index (χ1) is 8.75. The second-order valence-corrected chi connectivity index (χ2v) is 4.19. The average Bonchev–Trinajstić information content (AvgIpc) is 2.38. The number of halogens is 1. The van der Waals surface area contributed by atoms with Gasteiger partial charge in [-0.1, -0.05) is 42.5 Å². The molecule has 0 heterocycles. The van der Waals surface area contributed by atoms with E-state index in [-0.39, 0.29) is 5.75 Å². The van der Waals surface area contributed by atoms with Gasteiger partial charge in [-0.25, -0.2) is 4.39 Å². The maximum atomic E-state index is 13.0. The van der Waals surface area contributed by atoms with E-state index in [1.165, 1.54) is 6.07 Å². The van der Waals surface area contributed by atoms with Crippen LogP contribution in [0.15, 0.2) is 60.7 Å². The van der Waals surface area contributed by atoms with E-state index in [1.54, 1.807) is 6.07 Å². The van der Waals surface area contributed by atoms with Gasteiger partial charge in [0.05, 0.1) is 0 Å². The molecule has 0 aromatic heterocycles. The molecule has 1 nitrogen and oxygen atoms in total. The van der Waals surface area contributed by atoms with Gasteiger partial charge in [0.2, 0.25) is 0 Å². The molecule has 88 valence electrons. The molecule has 0 fully saturated rings. The summed E-state index contributed by atoms with van der Waals surface area (Å²) in [6.07, 6.45) is 0. The Hall–Kier alpha value is -2.35. The Balaban J connectivity index is 2.31. The molecule has 1 N–H and O–H groups in total. The van der Waals surface area contributed by atoms with Crippen LogP contribution in [-0.4, -0.2) is 5.11 Å². The molecule has 0 unspecified atom stereocenters. The van der Waals surface area contributed by atoms with Crippen molar-refractivity contribution < 1.29 is 9.50 Å². The molecule has 0 saturated carbocycles. The van der Waals surface area contributed by atoms with Gasteiger partial charge in [-0.3, -0.25) is 0 Å². The summed E-state index contributed by atoms with van der Waals surface area (Å²) in [6.45, 7) is 0. The molecular formula is C16H11FO. The minimum atomic E-state index is -0.434. The third-order valence-electron chi connectivity index (χ3n) is 3.04. The lowest BCUT2D eigenvalue weighted by Crippen LogP contribution is -1.83. The van der Waals surface area contributed by atoms with Gasteiger partial charge in [0.25, 0.3) is 0 Å². The zero-order chi connectivity index (χ0) is 12.5. The summed E-state index contributed by atoms with van der Waals surface area (Å²) in [5.41, 5.74) is 1.55. The third-order valence-corrected chi connectivity index (χ3v) is 3.04. The SMILES string of the molecule is Oc1cc(F)ccc1-c1cccc2ccccc12. The molecule has 3 aromatic carbocycles. The number of phenols is 1. The van der Waals surface area contributed by atoms with Crippen LogP contribution in [-0.2, 0) is 0 Å². The zero-order valence-corrected chi connectivity index (χ0v) is 9.60. The fourth-order valence-corrected chi connectivity index (χ4v) is 2.19. The summed E-state index contributed by atoms with van der Waals surface area (Å²) >= 11 is 0. The Bertz CT molecular complexity index is 714. The van der Waals surface area contributed by atoms with Gasteiger partial charge >= 0.3 is 0 Å². The average molecular weight is 238 g/mol. The van der Waals surface area contributed by atoms with Crippen molar-refractivity contribution in [3.63, 3.8) is 0 Å². The van der Waals surface area contributed by atoms with Crippen molar-refractivity contribution in [3.8, 4) is 16.9 Å². The van der Waals surface area contributed by atoms with E-state index in [0.29, 0.717) is 5.56 Å². The number of hydrogen-bond acceptors (Lipinski definition) is 1. The molecule has 0 saturated heterocycles. The fourth-order valence-electron chi connectivity index (χ4n) is 2.19. The van der Waals surface area contributed by atoms with Crippen molar-refractivity contribution in [2.24, 2.45) is 0 Å². The highest BCUT2D eigenvalue weighted by molar-refractivity contribution is 5.97. The second kappa shape index (κ2) is 4.15. The summed E-state index contributed by atoms with van der Waals surface area (Å²) in [6, 6.07) is 17.9. The molecule has 18 heavy (non-hydrogen) atoms. The lowest BCUT2D eigenvalue weighted by atomic mass is 9.98. The van der Waals surface area contributed by atoms with Crippen molar-refractivity contribution in [1.29, 1.82) is 0 Å². The van der Waals surface area contributed by atoms with Gasteiger partial charge in [-0.15, -0.1) is 0 Å². The highest BCUT2D eigenvalue weighted by Crippen LogP contribution is 2.34. The van der Waals surface area contributed by atoms with Crippen LogP contribution in [0.25, 0.3) is 21.9 Å². The maximum Gasteiger partial charge on any atom is 0.126 e. The normalized spacial score (nSPS) is 10.7. The lowest BCUT2D eigenvalue weighted by Gasteiger charge is -2.08. The molecule has 0 aliphatic carbocycles. The number of benzene rings is 3. The first-order valence-corrected chi connectivity index (χ1v) is 5.72. The highest BCUT2D eigenvalue weighted by atomic mass is 19.1. The smallest absolute Gasteiger partial charge is 0.126 e. The number of phenolic OH excluding ortho intramolecular Hbond substituents is 1. The Morgan fingerprint density at radius 1 is 0.778 bits per heavy atom. The molecule has 0 aliphatic rings. The van der Waals surface area contributed by atoms with Gasteiger partial charge in [-0.05, 0) is 28.5 Å². The third kappa shape index (κ3) is 1.72. The molecule has 2 heteroatoms. The molecule has 3 rings (SSSR count). The van der Waals surface area contributed by atoms with Crippen LogP contribution in [0.3, 0.4) is 0 Å². The molecule has 0 amide bonds. The molecule has 0 aliphatic heterocycles. The summed E-state index contributed by atoms with van der Waals surface area (Å²) < 4.78 is 13.0. The van der Waals surface area contributed by atoms with Gasteiger partial charge < -0.3 is 5.11 Å². The van der Waals surface area contributed by atoms with Crippen molar-refractivity contribution in [2.75, 3.05) is 0 Å². The van der Waals surface area contributed by atoms with E-state index < -0.39 is 5.82 Å². The standard InChI is InChI=1S/C16H11FO/c17-12-8-9-15(16(18)10-12)14-7-3-5-11-4-1-2-6-13(11)14/h1-10,18H. The molecule has 3 aromatic rings. The minimum Gasteiger partial charge on any atom is -0.507 e. The van der Waals surface area contributed by atoms with Crippen LogP contribution in [0.1, 0.15) is 0 Å². The van der Waals surface area contributed by atoms with Gasteiger partial charge in [0, 0.05) is 11.6 Å². The quantitative estimate of drug-likeness (QED) is 0.668. The summed E-state index contributed by atoms with van der Waals surface area (Å²) in [4.78, 5) is 0. The largest absolute Gasteiger partial charge is 0.507 e. The number of fused-ring (bicyclic) bond motifs is 1. The first-order valence-electron chi connectivity index (χ1n) is 5.72. The molecule has 0 radical (unpaired) electrons. The van der Waals surface area contributed by atoms with E-state index in [2.05, 4.69) is 0 Å². The summed E-state index contributed by atoms with van der Waals surface area (Å²) in [5.74, 6) is -0.470. The van der Waals surface area contributed by atoms with E-state index in [9.17, 15) is 9.50 Å². The maximum absolute atomic E-state index is 13.0. The Morgan fingerprint density at radius 3 is 2.39 bits per heavy atom.